The number of para-hydroxylation sites is 1. The van der Waals surface area contributed by atoms with Crippen LogP contribution in [0.5, 0.6) is 11.5 Å². The van der Waals surface area contributed by atoms with Crippen LogP contribution in [0.25, 0.3) is 6.08 Å². The molecule has 1 saturated heterocycles. The first-order chi connectivity index (χ1) is 18.0. The van der Waals surface area contributed by atoms with Crippen LogP contribution < -0.4 is 14.5 Å². The number of benzene rings is 3. The van der Waals surface area contributed by atoms with E-state index in [1.54, 1.807) is 12.1 Å². The van der Waals surface area contributed by atoms with Gasteiger partial charge in [0.2, 0.25) is 5.78 Å². The molecule has 0 saturated carbocycles. The summed E-state index contributed by atoms with van der Waals surface area (Å²) in [5.74, 6) is 0.850. The normalized spacial score (nSPS) is 16.7. The number of phenols is 1. The highest BCUT2D eigenvalue weighted by Gasteiger charge is 2.34. The Kier molecular flexibility index (Phi) is 7.19. The number of fused-ring (bicyclic) bond motifs is 1. The molecule has 5 rings (SSSR count). The molecule has 2 aliphatic rings. The summed E-state index contributed by atoms with van der Waals surface area (Å²) >= 11 is 0. The number of rotatable bonds is 7. The molecule has 0 radical (unpaired) electrons. The predicted molar refractivity (Wildman–Crippen MR) is 150 cm³/mol. The average molecular weight is 498 g/mol. The lowest BCUT2D eigenvalue weighted by atomic mass is 9.99. The van der Waals surface area contributed by atoms with Crippen LogP contribution in [0.3, 0.4) is 0 Å². The van der Waals surface area contributed by atoms with E-state index < -0.39 is 0 Å². The number of aromatic hydroxyl groups is 1. The van der Waals surface area contributed by atoms with Gasteiger partial charge in [-0.25, -0.2) is 0 Å². The van der Waals surface area contributed by atoms with Crippen LogP contribution >= 0.6 is 0 Å². The quantitative estimate of drug-likeness (QED) is 0.436. The van der Waals surface area contributed by atoms with Crippen molar-refractivity contribution in [1.29, 1.82) is 0 Å². The minimum atomic E-state index is -0.129. The van der Waals surface area contributed by atoms with Gasteiger partial charge in [-0.2, -0.15) is 0 Å². The second-order valence-corrected chi connectivity index (χ2v) is 9.70. The molecule has 0 aromatic heterocycles. The molecule has 37 heavy (non-hydrogen) atoms. The third kappa shape index (κ3) is 5.07. The number of nitrogens with zero attached hydrogens (tertiary/aromatic N) is 3. The number of hydrogen-bond donors (Lipinski definition) is 1. The number of ether oxygens (including phenoxy) is 1. The second-order valence-electron chi connectivity index (χ2n) is 9.70. The molecule has 2 heterocycles. The molecule has 6 nitrogen and oxygen atoms in total. The van der Waals surface area contributed by atoms with Gasteiger partial charge in [-0.1, -0.05) is 30.3 Å². The van der Waals surface area contributed by atoms with Crippen molar-refractivity contribution in [2.24, 2.45) is 0 Å². The summed E-state index contributed by atoms with van der Waals surface area (Å²) < 4.78 is 6.17. The Balaban J connectivity index is 1.34. The fourth-order valence-corrected chi connectivity index (χ4v) is 5.28. The minimum absolute atomic E-state index is 0.129. The van der Waals surface area contributed by atoms with Gasteiger partial charge >= 0.3 is 0 Å². The van der Waals surface area contributed by atoms with Crippen molar-refractivity contribution in [2.75, 3.05) is 49.1 Å². The SMILES string of the molecule is CCN(CC)c1ccc(/C=C2/Oc3c(CN4CCN(c5ccccc5)CC4)c(O)cc(C)c3C2=O)cc1. The van der Waals surface area contributed by atoms with Crippen molar-refractivity contribution in [2.45, 2.75) is 27.3 Å². The minimum Gasteiger partial charge on any atom is -0.507 e. The van der Waals surface area contributed by atoms with E-state index in [0.29, 0.717) is 29.2 Å². The first-order valence-corrected chi connectivity index (χ1v) is 13.2. The Morgan fingerprint density at radius 3 is 2.30 bits per heavy atom. The zero-order chi connectivity index (χ0) is 25.9. The molecule has 6 heteroatoms. The zero-order valence-corrected chi connectivity index (χ0v) is 21.9. The Hall–Kier alpha value is -3.77. The van der Waals surface area contributed by atoms with Crippen LogP contribution in [0.15, 0.2) is 66.4 Å². The molecule has 0 atom stereocenters. The molecule has 2 aliphatic heterocycles. The number of carbonyl (C=O) groups excluding carboxylic acids is 1. The number of phenolic OH excluding ortho intramolecular Hbond substituents is 1. The van der Waals surface area contributed by atoms with Crippen LogP contribution in [0, 0.1) is 6.92 Å². The monoisotopic (exact) mass is 497 g/mol. The van der Waals surface area contributed by atoms with Gasteiger partial charge in [-0.3, -0.25) is 9.69 Å². The Morgan fingerprint density at radius 2 is 1.65 bits per heavy atom. The Bertz CT molecular complexity index is 1290. The summed E-state index contributed by atoms with van der Waals surface area (Å²) in [7, 11) is 0. The maximum atomic E-state index is 13.3. The third-order valence-electron chi connectivity index (χ3n) is 7.42. The third-order valence-corrected chi connectivity index (χ3v) is 7.42. The smallest absolute Gasteiger partial charge is 0.232 e. The number of piperazine rings is 1. The number of anilines is 2. The van der Waals surface area contributed by atoms with E-state index in [9.17, 15) is 9.90 Å². The molecule has 0 amide bonds. The van der Waals surface area contributed by atoms with E-state index >= 15 is 0 Å². The van der Waals surface area contributed by atoms with Gasteiger partial charge in [0.15, 0.2) is 5.76 Å². The van der Waals surface area contributed by atoms with E-state index in [1.165, 1.54) is 5.69 Å². The standard InChI is InChI=1S/C31H35N3O3/c1-4-33(5-2)25-13-11-23(12-14-25)20-28-30(36)29-22(3)19-27(35)26(31(29)37-28)21-32-15-17-34(18-16-32)24-9-7-6-8-10-24/h6-14,19-20,35H,4-5,15-18,21H2,1-3H3/b28-20+. The summed E-state index contributed by atoms with van der Waals surface area (Å²) in [6, 6.07) is 20.3. The van der Waals surface area contributed by atoms with Crippen molar-refractivity contribution in [3.8, 4) is 11.5 Å². The second kappa shape index (κ2) is 10.7. The Labute approximate surface area is 219 Å². The molecule has 0 unspecified atom stereocenters. The number of carbonyl (C=O) groups is 1. The lowest BCUT2D eigenvalue weighted by Gasteiger charge is -2.36. The van der Waals surface area contributed by atoms with E-state index in [-0.39, 0.29) is 11.5 Å². The molecule has 3 aromatic carbocycles. The van der Waals surface area contributed by atoms with Crippen LogP contribution in [0.1, 0.15) is 40.9 Å². The highest BCUT2D eigenvalue weighted by molar-refractivity contribution is 6.15. The van der Waals surface area contributed by atoms with Crippen LogP contribution in [0.4, 0.5) is 11.4 Å². The topological polar surface area (TPSA) is 56.3 Å². The van der Waals surface area contributed by atoms with Gasteiger partial charge in [-0.15, -0.1) is 0 Å². The van der Waals surface area contributed by atoms with Crippen LogP contribution in [0.2, 0.25) is 0 Å². The Morgan fingerprint density at radius 1 is 0.973 bits per heavy atom. The van der Waals surface area contributed by atoms with Gasteiger partial charge in [0.1, 0.15) is 11.5 Å². The van der Waals surface area contributed by atoms with Gasteiger partial charge in [0.05, 0.1) is 11.1 Å². The number of Topliss-reactive ketones (excluding diaryl/α,β-unsaturated/α-hetero) is 1. The van der Waals surface area contributed by atoms with Gasteiger partial charge in [0, 0.05) is 57.2 Å². The van der Waals surface area contributed by atoms with Crippen molar-refractivity contribution in [3.05, 3.63) is 88.7 Å². The summed E-state index contributed by atoms with van der Waals surface area (Å²) in [4.78, 5) is 20.3. The number of aryl methyl sites for hydroxylation is 1. The van der Waals surface area contributed by atoms with Crippen molar-refractivity contribution < 1.29 is 14.6 Å². The van der Waals surface area contributed by atoms with E-state index in [4.69, 9.17) is 4.74 Å². The predicted octanol–water partition coefficient (Wildman–Crippen LogP) is 5.49. The number of allylic oxidation sites excluding steroid dienone is 1. The lowest BCUT2D eigenvalue weighted by molar-refractivity contribution is 0.101. The maximum Gasteiger partial charge on any atom is 0.232 e. The maximum absolute atomic E-state index is 13.3. The molecule has 0 aliphatic carbocycles. The van der Waals surface area contributed by atoms with E-state index in [0.717, 1.165) is 56.1 Å². The molecular formula is C31H35N3O3. The molecular weight excluding hydrogens is 462 g/mol. The molecule has 0 spiro atoms. The first kappa shape index (κ1) is 24.9. The highest BCUT2D eigenvalue weighted by atomic mass is 16.5. The summed E-state index contributed by atoms with van der Waals surface area (Å²) in [5, 5.41) is 10.9. The first-order valence-electron chi connectivity index (χ1n) is 13.2. The zero-order valence-electron chi connectivity index (χ0n) is 21.9. The largest absolute Gasteiger partial charge is 0.507 e. The lowest BCUT2D eigenvalue weighted by Crippen LogP contribution is -2.46. The average Bonchev–Trinajstić information content (AvgIpc) is 3.25. The fraction of sp³-hybridized carbons (Fsp3) is 0.323. The highest BCUT2D eigenvalue weighted by Crippen LogP contribution is 2.42. The van der Waals surface area contributed by atoms with Crippen molar-refractivity contribution in [3.63, 3.8) is 0 Å². The summed E-state index contributed by atoms with van der Waals surface area (Å²) in [6.07, 6.45) is 1.80. The molecule has 1 N–H and O–H groups in total. The number of hydrogen-bond acceptors (Lipinski definition) is 6. The molecule has 192 valence electrons. The van der Waals surface area contributed by atoms with Crippen LogP contribution in [-0.4, -0.2) is 55.1 Å². The molecule has 0 bridgehead atoms. The van der Waals surface area contributed by atoms with Gasteiger partial charge < -0.3 is 19.6 Å². The molecule has 3 aromatic rings. The molecule has 1 fully saturated rings. The summed E-state index contributed by atoms with van der Waals surface area (Å²) in [5.41, 5.74) is 5.27. The van der Waals surface area contributed by atoms with Crippen molar-refractivity contribution in [1.82, 2.24) is 4.90 Å². The summed E-state index contributed by atoms with van der Waals surface area (Å²) in [6.45, 7) is 12.1. The number of ketones is 1. The van der Waals surface area contributed by atoms with Gasteiger partial charge in [-0.05, 0) is 68.3 Å². The fourth-order valence-electron chi connectivity index (χ4n) is 5.28. The van der Waals surface area contributed by atoms with Crippen molar-refractivity contribution >= 4 is 23.2 Å². The van der Waals surface area contributed by atoms with Crippen LogP contribution in [-0.2, 0) is 6.54 Å². The van der Waals surface area contributed by atoms with E-state index in [1.807, 2.05) is 25.1 Å². The van der Waals surface area contributed by atoms with E-state index in [2.05, 4.69) is 64.9 Å². The van der Waals surface area contributed by atoms with Gasteiger partial charge in [0.25, 0.3) is 0 Å².